The van der Waals surface area contributed by atoms with Gasteiger partial charge >= 0.3 is 12.1 Å². The zero-order valence-corrected chi connectivity index (χ0v) is 18.9. The molecule has 0 fully saturated rings. The number of amides is 2. The molecule has 3 rings (SSSR count). The Kier molecular flexibility index (Phi) is 8.43. The SMILES string of the molecule is COCCC(C)NC(=O)C(CCC(=O)O)NC(=O)OCC1c2ccccc2-c2ccccc21. The van der Waals surface area contributed by atoms with Crippen molar-refractivity contribution in [1.29, 1.82) is 0 Å². The molecule has 0 spiro atoms. The minimum absolute atomic E-state index is 0.0393. The number of fused-ring (bicyclic) bond motifs is 3. The molecule has 2 amide bonds. The van der Waals surface area contributed by atoms with Crippen LogP contribution < -0.4 is 10.6 Å². The van der Waals surface area contributed by atoms with Gasteiger partial charge in [-0.1, -0.05) is 48.5 Å². The molecule has 8 heteroatoms. The second kappa shape index (κ2) is 11.5. The number of alkyl carbamates (subject to hydrolysis) is 1. The lowest BCUT2D eigenvalue weighted by Crippen LogP contribution is -2.49. The Morgan fingerprint density at radius 1 is 0.970 bits per heavy atom. The third kappa shape index (κ3) is 6.32. The topological polar surface area (TPSA) is 114 Å². The minimum Gasteiger partial charge on any atom is -0.481 e. The highest BCUT2D eigenvalue weighted by atomic mass is 16.5. The minimum atomic E-state index is -1.05. The van der Waals surface area contributed by atoms with E-state index in [-0.39, 0.29) is 31.4 Å². The molecule has 0 bridgehead atoms. The molecule has 3 N–H and O–H groups in total. The number of ether oxygens (including phenoxy) is 2. The first kappa shape index (κ1) is 24.3. The van der Waals surface area contributed by atoms with Gasteiger partial charge in [0.05, 0.1) is 0 Å². The van der Waals surface area contributed by atoms with Crippen molar-refractivity contribution < 1.29 is 29.0 Å². The summed E-state index contributed by atoms with van der Waals surface area (Å²) in [5.74, 6) is -1.61. The molecule has 2 aromatic rings. The summed E-state index contributed by atoms with van der Waals surface area (Å²) in [6.45, 7) is 2.40. The molecule has 2 unspecified atom stereocenters. The largest absolute Gasteiger partial charge is 0.481 e. The Labute approximate surface area is 193 Å². The van der Waals surface area contributed by atoms with E-state index in [1.54, 1.807) is 7.11 Å². The molecule has 176 valence electrons. The van der Waals surface area contributed by atoms with Gasteiger partial charge in [-0.2, -0.15) is 0 Å². The number of rotatable bonds is 11. The lowest BCUT2D eigenvalue weighted by molar-refractivity contribution is -0.137. The molecule has 0 saturated heterocycles. The Hall–Kier alpha value is -3.39. The van der Waals surface area contributed by atoms with Crippen molar-refractivity contribution in [3.63, 3.8) is 0 Å². The van der Waals surface area contributed by atoms with Gasteiger partial charge in [-0.3, -0.25) is 9.59 Å². The van der Waals surface area contributed by atoms with E-state index in [9.17, 15) is 14.4 Å². The predicted octanol–water partition coefficient (Wildman–Crippen LogP) is 3.30. The number of carbonyl (C=O) groups is 3. The van der Waals surface area contributed by atoms with Gasteiger partial charge in [0.2, 0.25) is 5.91 Å². The van der Waals surface area contributed by atoms with E-state index in [4.69, 9.17) is 14.6 Å². The van der Waals surface area contributed by atoms with Crippen LogP contribution in [0.2, 0.25) is 0 Å². The first-order valence-corrected chi connectivity index (χ1v) is 11.0. The maximum atomic E-state index is 12.6. The number of methoxy groups -OCH3 is 1. The fourth-order valence-corrected chi connectivity index (χ4v) is 4.03. The van der Waals surface area contributed by atoms with E-state index in [0.717, 1.165) is 22.3 Å². The Morgan fingerprint density at radius 2 is 1.58 bits per heavy atom. The number of carboxylic acid groups (broad SMARTS) is 1. The lowest BCUT2D eigenvalue weighted by atomic mass is 9.98. The predicted molar refractivity (Wildman–Crippen MR) is 123 cm³/mol. The monoisotopic (exact) mass is 454 g/mol. The van der Waals surface area contributed by atoms with Crippen LogP contribution in [0.5, 0.6) is 0 Å². The Balaban J connectivity index is 1.63. The van der Waals surface area contributed by atoms with E-state index in [0.29, 0.717) is 13.0 Å². The van der Waals surface area contributed by atoms with Gasteiger partial charge in [0, 0.05) is 32.1 Å². The highest BCUT2D eigenvalue weighted by molar-refractivity contribution is 5.86. The second-order valence-corrected chi connectivity index (χ2v) is 8.15. The molecule has 1 aliphatic carbocycles. The number of carbonyl (C=O) groups excluding carboxylic acids is 2. The average Bonchev–Trinajstić information content (AvgIpc) is 3.12. The quantitative estimate of drug-likeness (QED) is 0.480. The number of aliphatic carboxylic acids is 1. The number of nitrogens with one attached hydrogen (secondary N) is 2. The van der Waals surface area contributed by atoms with Crippen molar-refractivity contribution in [3.05, 3.63) is 59.7 Å². The van der Waals surface area contributed by atoms with Crippen LogP contribution in [0.15, 0.2) is 48.5 Å². The van der Waals surface area contributed by atoms with Crippen molar-refractivity contribution in [2.24, 2.45) is 0 Å². The van der Waals surface area contributed by atoms with E-state index in [2.05, 4.69) is 10.6 Å². The van der Waals surface area contributed by atoms with Crippen LogP contribution in [0.4, 0.5) is 4.79 Å². The van der Waals surface area contributed by atoms with Gasteiger partial charge in [0.15, 0.2) is 0 Å². The van der Waals surface area contributed by atoms with E-state index in [1.807, 2.05) is 55.5 Å². The number of hydrogen-bond acceptors (Lipinski definition) is 5. The van der Waals surface area contributed by atoms with E-state index in [1.165, 1.54) is 0 Å². The van der Waals surface area contributed by atoms with Gasteiger partial charge in [-0.05, 0) is 42.0 Å². The molecule has 0 radical (unpaired) electrons. The third-order valence-electron chi connectivity index (χ3n) is 5.74. The fraction of sp³-hybridized carbons (Fsp3) is 0.400. The van der Waals surface area contributed by atoms with Crippen LogP contribution in [-0.2, 0) is 19.1 Å². The van der Waals surface area contributed by atoms with Crippen molar-refractivity contribution >= 4 is 18.0 Å². The van der Waals surface area contributed by atoms with Gasteiger partial charge in [-0.15, -0.1) is 0 Å². The molecular weight excluding hydrogens is 424 g/mol. The summed E-state index contributed by atoms with van der Waals surface area (Å²) in [5.41, 5.74) is 4.40. The fourth-order valence-electron chi connectivity index (χ4n) is 4.03. The highest BCUT2D eigenvalue weighted by Gasteiger charge is 2.30. The zero-order chi connectivity index (χ0) is 23.8. The summed E-state index contributed by atoms with van der Waals surface area (Å²) in [5, 5.41) is 14.3. The first-order chi connectivity index (χ1) is 15.9. The molecule has 33 heavy (non-hydrogen) atoms. The number of carboxylic acids is 1. The standard InChI is InChI=1S/C25H30N2O6/c1-16(13-14-32-2)26-24(30)22(11-12-23(28)29)27-25(31)33-15-21-19-9-5-3-7-17(19)18-8-4-6-10-20(18)21/h3-10,16,21-22H,11-15H2,1-2H3,(H,26,30)(H,27,31)(H,28,29). The highest BCUT2D eigenvalue weighted by Crippen LogP contribution is 2.44. The van der Waals surface area contributed by atoms with E-state index < -0.39 is 24.0 Å². The van der Waals surface area contributed by atoms with Gasteiger partial charge in [-0.25, -0.2) is 4.79 Å². The summed E-state index contributed by atoms with van der Waals surface area (Å²) in [7, 11) is 1.57. The Bertz CT molecular complexity index is 947. The van der Waals surface area contributed by atoms with Crippen molar-refractivity contribution in [3.8, 4) is 11.1 Å². The smallest absolute Gasteiger partial charge is 0.407 e. The normalized spacial score (nSPS) is 14.0. The van der Waals surface area contributed by atoms with E-state index >= 15 is 0 Å². The summed E-state index contributed by atoms with van der Waals surface area (Å²) in [6, 6.07) is 14.8. The molecule has 0 aromatic heterocycles. The maximum absolute atomic E-state index is 12.6. The van der Waals surface area contributed by atoms with Gasteiger partial charge < -0.3 is 25.2 Å². The molecule has 2 aromatic carbocycles. The molecule has 0 aliphatic heterocycles. The summed E-state index contributed by atoms with van der Waals surface area (Å²) >= 11 is 0. The molecule has 0 heterocycles. The zero-order valence-electron chi connectivity index (χ0n) is 18.9. The van der Waals surface area contributed by atoms with Crippen LogP contribution >= 0.6 is 0 Å². The van der Waals surface area contributed by atoms with Crippen molar-refractivity contribution in [2.75, 3.05) is 20.3 Å². The van der Waals surface area contributed by atoms with Crippen LogP contribution in [0.25, 0.3) is 11.1 Å². The van der Waals surface area contributed by atoms with Crippen LogP contribution in [-0.4, -0.2) is 55.5 Å². The molecule has 8 nitrogen and oxygen atoms in total. The van der Waals surface area contributed by atoms with Crippen molar-refractivity contribution in [1.82, 2.24) is 10.6 Å². The summed E-state index contributed by atoms with van der Waals surface area (Å²) in [4.78, 5) is 36.2. The molecule has 0 saturated carbocycles. The summed E-state index contributed by atoms with van der Waals surface area (Å²) < 4.78 is 10.5. The lowest BCUT2D eigenvalue weighted by Gasteiger charge is -2.21. The number of benzene rings is 2. The third-order valence-corrected chi connectivity index (χ3v) is 5.74. The molecular formula is C25H30N2O6. The first-order valence-electron chi connectivity index (χ1n) is 11.0. The van der Waals surface area contributed by atoms with Gasteiger partial charge in [0.1, 0.15) is 12.6 Å². The van der Waals surface area contributed by atoms with Crippen molar-refractivity contribution in [2.45, 2.75) is 44.2 Å². The number of hydrogen-bond donors (Lipinski definition) is 3. The van der Waals surface area contributed by atoms with Crippen LogP contribution in [0, 0.1) is 0 Å². The van der Waals surface area contributed by atoms with Gasteiger partial charge in [0.25, 0.3) is 0 Å². The second-order valence-electron chi connectivity index (χ2n) is 8.15. The average molecular weight is 455 g/mol. The molecule has 2 atom stereocenters. The maximum Gasteiger partial charge on any atom is 0.407 e. The molecule has 1 aliphatic rings. The van der Waals surface area contributed by atoms with Crippen LogP contribution in [0.1, 0.15) is 43.2 Å². The Morgan fingerprint density at radius 3 is 2.15 bits per heavy atom. The van der Waals surface area contributed by atoms with Crippen LogP contribution in [0.3, 0.4) is 0 Å². The summed E-state index contributed by atoms with van der Waals surface area (Å²) in [6.07, 6.45) is -0.456.